The highest BCUT2D eigenvalue weighted by molar-refractivity contribution is 6.36. The maximum atomic E-state index is 9.56. The first-order valence-corrected chi connectivity index (χ1v) is 19.1. The summed E-state index contributed by atoms with van der Waals surface area (Å²) in [6, 6.07) is 13.2. The molecular weight excluding hydrogens is 878 g/mol. The van der Waals surface area contributed by atoms with E-state index in [1.165, 1.54) is 24.3 Å². The number of ether oxygens (including phenoxy) is 1. The van der Waals surface area contributed by atoms with E-state index in [2.05, 4.69) is 40.4 Å². The van der Waals surface area contributed by atoms with Crippen molar-refractivity contribution in [3.05, 3.63) is 92.4 Å². The van der Waals surface area contributed by atoms with Crippen LogP contribution in [0.3, 0.4) is 0 Å². The zero-order chi connectivity index (χ0) is 42.4. The smallest absolute Gasteiger partial charge is 0.278 e. The van der Waals surface area contributed by atoms with Gasteiger partial charge in [-0.15, -0.1) is 11.6 Å². The quantitative estimate of drug-likeness (QED) is 0.0967. The molecule has 23 heteroatoms. The summed E-state index contributed by atoms with van der Waals surface area (Å²) in [5, 5.41) is 61.5. The molecule has 0 aliphatic carbocycles. The number of fused-ring (bicyclic) bond motifs is 2. The number of phenols is 1. The third-order valence-electron chi connectivity index (χ3n) is 7.77. The number of imidazole rings is 2. The highest BCUT2D eigenvalue weighted by Gasteiger charge is 2.20. The number of aryl methyl sites for hydroxylation is 2. The number of aliphatic hydroxyl groups excluding tert-OH is 4. The number of rotatable bonds is 10. The lowest BCUT2D eigenvalue weighted by molar-refractivity contribution is 0.0536. The van der Waals surface area contributed by atoms with Gasteiger partial charge in [0.2, 0.25) is 11.6 Å². The lowest BCUT2D eigenvalue weighted by atomic mass is 10.2. The van der Waals surface area contributed by atoms with Crippen molar-refractivity contribution < 1.29 is 39.3 Å². The molecule has 6 aromatic heterocycles. The Balaban J connectivity index is 0.000000177. The molecule has 0 bridgehead atoms. The lowest BCUT2D eigenvalue weighted by Crippen LogP contribution is -2.21. The molecule has 2 aromatic carbocycles. The predicted octanol–water partition coefficient (Wildman–Crippen LogP) is 6.14. The summed E-state index contributed by atoms with van der Waals surface area (Å²) in [4.78, 5) is 17.4. The number of aromatic nitrogens is 10. The minimum absolute atomic E-state index is 0.108. The van der Waals surface area contributed by atoms with Gasteiger partial charge in [-0.05, 0) is 50.2 Å². The Labute approximate surface area is 358 Å². The van der Waals surface area contributed by atoms with Crippen LogP contribution in [0.5, 0.6) is 11.5 Å². The van der Waals surface area contributed by atoms with E-state index >= 15 is 0 Å². The first-order chi connectivity index (χ1) is 28.3. The van der Waals surface area contributed by atoms with Gasteiger partial charge in [-0.25, -0.2) is 19.0 Å². The number of aliphatic hydroxyl groups is 4. The van der Waals surface area contributed by atoms with Crippen molar-refractivity contribution in [2.24, 2.45) is 0 Å². The number of hydrogen-bond acceptors (Lipinski definition) is 16. The Morgan fingerprint density at radius 1 is 0.661 bits per heavy atom. The number of phenolic OH excluding ortho intramolecular Hbond substituents is 1. The van der Waals surface area contributed by atoms with Crippen LogP contribution in [-0.2, 0) is 0 Å². The summed E-state index contributed by atoms with van der Waals surface area (Å²) in [6.07, 6.45) is 1.63. The third kappa shape index (κ3) is 10.5. The maximum absolute atomic E-state index is 9.56. The van der Waals surface area contributed by atoms with Crippen molar-refractivity contribution in [2.75, 3.05) is 25.7 Å². The van der Waals surface area contributed by atoms with Crippen LogP contribution in [0, 0.1) is 13.8 Å². The first-order valence-electron chi connectivity index (χ1n) is 17.0. The standard InChI is InChI=1S/C18H15Cl2N5O4.C15H9Cl2N5O2.C3H7ClO2/c1-9-2-3-16-21-14(6-25(16)23-9)18-22-17(24-29-18)11-4-13(20)15(5-12(11)19)28-8-10(27)7-26;1-7-2-3-13-18-11(6-22(13)20-7)15-19-14(21-24-15)8-4-10(17)12(23)5-9(8)16;4-1-3(6)2-5/h2-6,10,26-27H,7-8H2,1H3;2-6,23H,1H3;3,5-6H,1-2H2/t10-;;3-/m0.1/s1. The molecule has 18 nitrogen and oxygen atoms in total. The van der Waals surface area contributed by atoms with Gasteiger partial charge in [0.05, 0.1) is 69.1 Å². The number of halogens is 5. The fraction of sp³-hybridized carbons (Fsp3) is 0.222. The molecule has 0 aliphatic heterocycles. The van der Waals surface area contributed by atoms with Gasteiger partial charge < -0.3 is 39.3 Å². The van der Waals surface area contributed by atoms with Crippen molar-refractivity contribution in [2.45, 2.75) is 26.1 Å². The van der Waals surface area contributed by atoms with E-state index < -0.39 is 18.8 Å². The molecule has 0 aliphatic rings. The normalized spacial score (nSPS) is 12.2. The van der Waals surface area contributed by atoms with Crippen LogP contribution in [-0.4, -0.2) is 113 Å². The molecule has 2 atom stereocenters. The second-order valence-corrected chi connectivity index (χ2v) is 14.3. The van der Waals surface area contributed by atoms with E-state index in [1.54, 1.807) is 21.4 Å². The Morgan fingerprint density at radius 2 is 1.15 bits per heavy atom. The summed E-state index contributed by atoms with van der Waals surface area (Å²) in [5.74, 6) is 1.17. The Kier molecular flexibility index (Phi) is 14.2. The van der Waals surface area contributed by atoms with Gasteiger partial charge in [-0.3, -0.25) is 0 Å². The van der Waals surface area contributed by atoms with E-state index in [4.69, 9.17) is 87.1 Å². The molecule has 0 saturated carbocycles. The minimum Gasteiger partial charge on any atom is -0.506 e. The van der Waals surface area contributed by atoms with Gasteiger partial charge in [-0.1, -0.05) is 56.7 Å². The van der Waals surface area contributed by atoms with E-state index in [0.29, 0.717) is 33.8 Å². The van der Waals surface area contributed by atoms with Crippen LogP contribution in [0.15, 0.2) is 70.0 Å². The number of benzene rings is 2. The van der Waals surface area contributed by atoms with E-state index in [1.807, 2.05) is 38.1 Å². The molecule has 5 N–H and O–H groups in total. The minimum atomic E-state index is -1.02. The van der Waals surface area contributed by atoms with Crippen molar-refractivity contribution in [1.82, 2.24) is 49.5 Å². The summed E-state index contributed by atoms with van der Waals surface area (Å²) in [5.41, 5.74) is 4.90. The second kappa shape index (κ2) is 19.3. The molecule has 0 saturated heterocycles. The van der Waals surface area contributed by atoms with Crippen LogP contribution in [0.25, 0.3) is 57.2 Å². The summed E-state index contributed by atoms with van der Waals surface area (Å²) in [7, 11) is 0. The van der Waals surface area contributed by atoms with Crippen molar-refractivity contribution in [3.8, 4) is 57.4 Å². The van der Waals surface area contributed by atoms with Gasteiger partial charge >= 0.3 is 0 Å². The van der Waals surface area contributed by atoms with E-state index in [-0.39, 0.29) is 74.1 Å². The number of alkyl halides is 1. The summed E-state index contributed by atoms with van der Waals surface area (Å²) >= 11 is 29.6. The molecule has 0 unspecified atom stereocenters. The fourth-order valence-electron chi connectivity index (χ4n) is 4.84. The molecule has 59 heavy (non-hydrogen) atoms. The lowest BCUT2D eigenvalue weighted by Gasteiger charge is -2.12. The number of aromatic hydroxyl groups is 1. The molecule has 8 aromatic rings. The van der Waals surface area contributed by atoms with Crippen molar-refractivity contribution in [1.29, 1.82) is 0 Å². The zero-order valence-corrected chi connectivity index (χ0v) is 34.4. The molecule has 308 valence electrons. The largest absolute Gasteiger partial charge is 0.506 e. The van der Waals surface area contributed by atoms with Gasteiger partial charge in [0.1, 0.15) is 35.6 Å². The van der Waals surface area contributed by atoms with Crippen LogP contribution in [0.4, 0.5) is 0 Å². The highest BCUT2D eigenvalue weighted by atomic mass is 35.5. The van der Waals surface area contributed by atoms with E-state index in [0.717, 1.165) is 11.4 Å². The van der Waals surface area contributed by atoms with Crippen LogP contribution >= 0.6 is 58.0 Å². The van der Waals surface area contributed by atoms with Gasteiger partial charge in [0, 0.05) is 23.3 Å². The number of hydrogen-bond donors (Lipinski definition) is 5. The Hall–Kier alpha value is -5.15. The van der Waals surface area contributed by atoms with Crippen molar-refractivity contribution >= 4 is 69.3 Å². The average molecular weight is 909 g/mol. The zero-order valence-electron chi connectivity index (χ0n) is 30.6. The Morgan fingerprint density at radius 3 is 1.63 bits per heavy atom. The SMILES string of the molecule is Cc1ccc2nc(-c3nc(-c4cc(Cl)c(O)cc4Cl)no3)cn2n1.Cc1ccc2nc(-c3nc(-c4cc(Cl)c(OC[C@@H](O)CO)cc4Cl)no3)cn2n1.OC[C@H](O)CCl. The first kappa shape index (κ1) is 43.4. The highest BCUT2D eigenvalue weighted by Crippen LogP contribution is 2.37. The second-order valence-electron chi connectivity index (χ2n) is 12.3. The molecule has 0 amide bonds. The molecule has 0 fully saturated rings. The molecular formula is C36H31Cl5N10O8. The van der Waals surface area contributed by atoms with Crippen LogP contribution < -0.4 is 4.74 Å². The van der Waals surface area contributed by atoms with E-state index in [9.17, 15) is 10.2 Å². The van der Waals surface area contributed by atoms with Gasteiger partial charge in [0.15, 0.2) is 11.3 Å². The summed E-state index contributed by atoms with van der Waals surface area (Å²) in [6.45, 7) is 2.98. The predicted molar refractivity (Wildman–Crippen MR) is 217 cm³/mol. The average Bonchev–Trinajstić information content (AvgIpc) is 4.05. The van der Waals surface area contributed by atoms with Gasteiger partial charge in [0.25, 0.3) is 11.8 Å². The molecule has 8 rings (SSSR count). The van der Waals surface area contributed by atoms with Crippen LogP contribution in [0.2, 0.25) is 20.1 Å². The van der Waals surface area contributed by atoms with Crippen LogP contribution in [0.1, 0.15) is 11.4 Å². The molecule has 0 spiro atoms. The molecule has 6 heterocycles. The number of nitrogens with zero attached hydrogens (tertiary/aromatic N) is 10. The third-order valence-corrected chi connectivity index (χ3v) is 9.35. The maximum Gasteiger partial charge on any atom is 0.278 e. The topological polar surface area (TPSA) is 249 Å². The Bertz CT molecular complexity index is 2700. The van der Waals surface area contributed by atoms with Crippen molar-refractivity contribution in [3.63, 3.8) is 0 Å². The monoisotopic (exact) mass is 906 g/mol. The summed E-state index contributed by atoms with van der Waals surface area (Å²) < 4.78 is 19.2. The van der Waals surface area contributed by atoms with Gasteiger partial charge in [-0.2, -0.15) is 20.2 Å². The molecule has 0 radical (unpaired) electrons. The fourth-order valence-corrected chi connectivity index (χ4v) is 5.80.